The third-order valence-electron chi connectivity index (χ3n) is 3.08. The third-order valence-corrected chi connectivity index (χ3v) is 3.08. The molecule has 0 aliphatic heterocycles. The maximum absolute atomic E-state index is 12.1. The molecule has 0 heterocycles. The fourth-order valence-electron chi connectivity index (χ4n) is 1.89. The lowest BCUT2D eigenvalue weighted by atomic mass is 10.1. The first kappa shape index (κ1) is 20.9. The van der Waals surface area contributed by atoms with Crippen LogP contribution in [0.3, 0.4) is 0 Å². The summed E-state index contributed by atoms with van der Waals surface area (Å²) in [5.74, 6) is -1.74. The molecule has 10 nitrogen and oxygen atoms in total. The summed E-state index contributed by atoms with van der Waals surface area (Å²) in [5, 5.41) is 18.3. The van der Waals surface area contributed by atoms with Gasteiger partial charge in [-0.15, -0.1) is 0 Å². The molecule has 0 fully saturated rings. The van der Waals surface area contributed by atoms with Gasteiger partial charge in [0.25, 0.3) is 11.6 Å². The van der Waals surface area contributed by atoms with E-state index in [2.05, 4.69) is 16.0 Å². The number of anilines is 1. The fourth-order valence-corrected chi connectivity index (χ4v) is 1.89. The molecule has 0 unspecified atom stereocenters. The first-order chi connectivity index (χ1) is 11.9. The molecule has 0 aliphatic carbocycles. The minimum Gasteiger partial charge on any atom is -0.449 e. The predicted octanol–water partition coefficient (Wildman–Crippen LogP) is 1.81. The van der Waals surface area contributed by atoms with E-state index in [1.807, 2.05) is 0 Å². The number of nitro groups is 1. The van der Waals surface area contributed by atoms with Gasteiger partial charge in [-0.2, -0.15) is 0 Å². The van der Waals surface area contributed by atoms with E-state index in [0.717, 1.165) is 6.07 Å². The lowest BCUT2D eigenvalue weighted by Crippen LogP contribution is -2.50. The SMILES string of the molecule is CNc1ccc(C(=O)O[C@H](C)C(=O)NC(=O)NC(C)(C)C)cc1[N+](=O)[O-]. The van der Waals surface area contributed by atoms with Crippen LogP contribution in [-0.4, -0.2) is 41.5 Å². The molecule has 3 N–H and O–H groups in total. The Bertz CT molecular complexity index is 726. The summed E-state index contributed by atoms with van der Waals surface area (Å²) < 4.78 is 4.96. The van der Waals surface area contributed by atoms with Gasteiger partial charge in [0.05, 0.1) is 10.5 Å². The van der Waals surface area contributed by atoms with E-state index in [9.17, 15) is 24.5 Å². The van der Waals surface area contributed by atoms with Crippen molar-refractivity contribution in [2.75, 3.05) is 12.4 Å². The van der Waals surface area contributed by atoms with E-state index in [4.69, 9.17) is 4.74 Å². The number of nitrogens with zero attached hydrogens (tertiary/aromatic N) is 1. The number of benzene rings is 1. The average molecular weight is 366 g/mol. The van der Waals surface area contributed by atoms with E-state index in [-0.39, 0.29) is 16.9 Å². The van der Waals surface area contributed by atoms with Gasteiger partial charge in [0.1, 0.15) is 5.69 Å². The maximum Gasteiger partial charge on any atom is 0.339 e. The topological polar surface area (TPSA) is 140 Å². The zero-order chi connectivity index (χ0) is 20.1. The van der Waals surface area contributed by atoms with Crippen LogP contribution in [0.2, 0.25) is 0 Å². The van der Waals surface area contributed by atoms with E-state index < -0.39 is 34.5 Å². The highest BCUT2D eigenvalue weighted by Crippen LogP contribution is 2.25. The highest BCUT2D eigenvalue weighted by molar-refractivity contribution is 5.99. The summed E-state index contributed by atoms with van der Waals surface area (Å²) in [6.07, 6.45) is -1.27. The normalized spacial score (nSPS) is 11.9. The first-order valence-electron chi connectivity index (χ1n) is 7.75. The molecular formula is C16H22N4O6. The number of ether oxygens (including phenoxy) is 1. The van der Waals surface area contributed by atoms with Gasteiger partial charge in [-0.25, -0.2) is 9.59 Å². The number of hydrogen-bond donors (Lipinski definition) is 3. The zero-order valence-electron chi connectivity index (χ0n) is 15.2. The van der Waals surface area contributed by atoms with Crippen molar-refractivity contribution >= 4 is 29.3 Å². The molecule has 0 spiro atoms. The summed E-state index contributed by atoms with van der Waals surface area (Å²) in [4.78, 5) is 46.1. The molecule has 3 amide bonds. The van der Waals surface area contributed by atoms with Crippen molar-refractivity contribution in [1.82, 2.24) is 10.6 Å². The van der Waals surface area contributed by atoms with Crippen LogP contribution in [0.5, 0.6) is 0 Å². The molecule has 1 rings (SSSR count). The minimum atomic E-state index is -1.27. The van der Waals surface area contributed by atoms with Crippen molar-refractivity contribution < 1.29 is 24.0 Å². The summed E-state index contributed by atoms with van der Waals surface area (Å²) in [6, 6.07) is 3.01. The van der Waals surface area contributed by atoms with Crippen molar-refractivity contribution in [2.45, 2.75) is 39.3 Å². The number of urea groups is 1. The minimum absolute atomic E-state index is 0.0884. The van der Waals surface area contributed by atoms with Crippen molar-refractivity contribution in [3.63, 3.8) is 0 Å². The van der Waals surface area contributed by atoms with Crippen molar-refractivity contribution in [3.8, 4) is 0 Å². The Kier molecular flexibility index (Phi) is 6.64. The Balaban J connectivity index is 2.78. The van der Waals surface area contributed by atoms with E-state index in [0.29, 0.717) is 0 Å². The Labute approximate surface area is 150 Å². The van der Waals surface area contributed by atoms with Crippen LogP contribution in [0.4, 0.5) is 16.2 Å². The fraction of sp³-hybridized carbons (Fsp3) is 0.438. The molecule has 0 bridgehead atoms. The van der Waals surface area contributed by atoms with E-state index >= 15 is 0 Å². The van der Waals surface area contributed by atoms with Gasteiger partial charge in [0.15, 0.2) is 6.10 Å². The Morgan fingerprint density at radius 3 is 2.35 bits per heavy atom. The van der Waals surface area contributed by atoms with Gasteiger partial charge in [0.2, 0.25) is 0 Å². The third kappa shape index (κ3) is 6.04. The number of imide groups is 1. The lowest BCUT2D eigenvalue weighted by Gasteiger charge is -2.21. The highest BCUT2D eigenvalue weighted by Gasteiger charge is 2.24. The van der Waals surface area contributed by atoms with Gasteiger partial charge in [-0.05, 0) is 39.8 Å². The van der Waals surface area contributed by atoms with Crippen molar-refractivity contribution in [1.29, 1.82) is 0 Å². The van der Waals surface area contributed by atoms with Gasteiger partial charge in [0, 0.05) is 18.7 Å². The predicted molar refractivity (Wildman–Crippen MR) is 93.9 cm³/mol. The number of rotatable bonds is 5. The largest absolute Gasteiger partial charge is 0.449 e. The lowest BCUT2D eigenvalue weighted by molar-refractivity contribution is -0.384. The maximum atomic E-state index is 12.1. The molecule has 1 atom stereocenters. The van der Waals surface area contributed by atoms with Crippen LogP contribution in [0, 0.1) is 10.1 Å². The Morgan fingerprint density at radius 1 is 1.23 bits per heavy atom. The second-order valence-electron chi connectivity index (χ2n) is 6.48. The molecule has 0 saturated carbocycles. The molecular weight excluding hydrogens is 344 g/mol. The zero-order valence-corrected chi connectivity index (χ0v) is 15.2. The standard InChI is InChI=1S/C16H22N4O6/c1-9(13(21)18-15(23)19-16(2,3)4)26-14(22)10-6-7-11(17-5)12(8-10)20(24)25/h6-9,17H,1-5H3,(H2,18,19,21,23)/t9-/m1/s1. The second kappa shape index (κ2) is 8.28. The monoisotopic (exact) mass is 366 g/mol. The molecule has 142 valence electrons. The number of nitro benzene ring substituents is 1. The highest BCUT2D eigenvalue weighted by atomic mass is 16.6. The number of nitrogens with one attached hydrogen (secondary N) is 3. The van der Waals surface area contributed by atoms with Gasteiger partial charge in [-0.3, -0.25) is 20.2 Å². The number of hydrogen-bond acceptors (Lipinski definition) is 7. The molecule has 10 heteroatoms. The van der Waals surface area contributed by atoms with Crippen LogP contribution in [0.15, 0.2) is 18.2 Å². The Hall–Kier alpha value is -3.17. The number of amides is 3. The first-order valence-corrected chi connectivity index (χ1v) is 7.75. The van der Waals surface area contributed by atoms with Crippen LogP contribution in [0.1, 0.15) is 38.1 Å². The van der Waals surface area contributed by atoms with Crippen molar-refractivity contribution in [3.05, 3.63) is 33.9 Å². The summed E-state index contributed by atoms with van der Waals surface area (Å²) in [7, 11) is 1.51. The second-order valence-corrected chi connectivity index (χ2v) is 6.48. The molecule has 0 radical (unpaired) electrons. The van der Waals surface area contributed by atoms with Crippen LogP contribution >= 0.6 is 0 Å². The number of esters is 1. The molecule has 0 aromatic heterocycles. The summed E-state index contributed by atoms with van der Waals surface area (Å²) in [6.45, 7) is 6.50. The smallest absolute Gasteiger partial charge is 0.339 e. The summed E-state index contributed by atoms with van der Waals surface area (Å²) in [5.41, 5.74) is -0.701. The van der Waals surface area contributed by atoms with Crippen LogP contribution < -0.4 is 16.0 Å². The number of carbonyl (C=O) groups is 3. The van der Waals surface area contributed by atoms with Gasteiger partial charge < -0.3 is 15.4 Å². The summed E-state index contributed by atoms with van der Waals surface area (Å²) >= 11 is 0. The number of carbonyl (C=O) groups excluding carboxylic acids is 3. The van der Waals surface area contributed by atoms with E-state index in [1.54, 1.807) is 20.8 Å². The van der Waals surface area contributed by atoms with Gasteiger partial charge >= 0.3 is 12.0 Å². The molecule has 26 heavy (non-hydrogen) atoms. The van der Waals surface area contributed by atoms with E-state index in [1.165, 1.54) is 26.1 Å². The quantitative estimate of drug-likeness (QED) is 0.410. The molecule has 1 aromatic rings. The van der Waals surface area contributed by atoms with Crippen LogP contribution in [-0.2, 0) is 9.53 Å². The molecule has 0 aliphatic rings. The molecule has 1 aromatic carbocycles. The van der Waals surface area contributed by atoms with Crippen LogP contribution in [0.25, 0.3) is 0 Å². The van der Waals surface area contributed by atoms with Gasteiger partial charge in [-0.1, -0.05) is 0 Å². The van der Waals surface area contributed by atoms with Crippen molar-refractivity contribution in [2.24, 2.45) is 0 Å². The Morgan fingerprint density at radius 2 is 1.85 bits per heavy atom. The average Bonchev–Trinajstić information content (AvgIpc) is 2.51. The molecule has 0 saturated heterocycles.